The fourth-order valence-electron chi connectivity index (χ4n) is 1.60. The van der Waals surface area contributed by atoms with Crippen LogP contribution < -0.4 is 4.74 Å². The molecule has 0 bridgehead atoms. The number of ether oxygens (including phenoxy) is 1. The van der Waals surface area contributed by atoms with Crippen LogP contribution in [0.15, 0.2) is 42.5 Å². The first-order valence-corrected chi connectivity index (χ1v) is 6.45. The standard InChI is InChI=1S/C16H11ClF2O/c17-10-2-3-12-6-8-13(9-7-12)20-11-14-15(18)4-1-5-16(14)19/h1,4-9H,10-11H2. The van der Waals surface area contributed by atoms with Gasteiger partial charge >= 0.3 is 0 Å². The molecule has 0 aliphatic rings. The summed E-state index contributed by atoms with van der Waals surface area (Å²) in [6.45, 7) is -0.161. The van der Waals surface area contributed by atoms with E-state index < -0.39 is 11.6 Å². The van der Waals surface area contributed by atoms with Crippen LogP contribution in [0.2, 0.25) is 0 Å². The molecule has 0 saturated heterocycles. The largest absolute Gasteiger partial charge is 0.489 e. The van der Waals surface area contributed by atoms with Gasteiger partial charge in [-0.1, -0.05) is 17.9 Å². The highest BCUT2D eigenvalue weighted by Gasteiger charge is 2.08. The van der Waals surface area contributed by atoms with Crippen LogP contribution in [0.25, 0.3) is 0 Å². The van der Waals surface area contributed by atoms with Crippen molar-refractivity contribution in [3.8, 4) is 17.6 Å². The minimum absolute atomic E-state index is 0.0847. The third-order valence-corrected chi connectivity index (χ3v) is 2.73. The fraction of sp³-hybridized carbons (Fsp3) is 0.125. The Morgan fingerprint density at radius 1 is 1.00 bits per heavy atom. The van der Waals surface area contributed by atoms with Gasteiger partial charge in [0.2, 0.25) is 0 Å². The number of halogens is 3. The van der Waals surface area contributed by atoms with Gasteiger partial charge in [-0.05, 0) is 36.4 Å². The molecule has 102 valence electrons. The van der Waals surface area contributed by atoms with Gasteiger partial charge in [0.05, 0.1) is 11.4 Å². The third kappa shape index (κ3) is 3.72. The lowest BCUT2D eigenvalue weighted by Crippen LogP contribution is -2.01. The Morgan fingerprint density at radius 3 is 2.25 bits per heavy atom. The van der Waals surface area contributed by atoms with E-state index in [0.717, 1.165) is 5.56 Å². The van der Waals surface area contributed by atoms with Crippen LogP contribution in [-0.2, 0) is 6.61 Å². The Balaban J connectivity index is 2.04. The molecule has 2 rings (SSSR count). The zero-order valence-corrected chi connectivity index (χ0v) is 11.3. The molecule has 0 aromatic heterocycles. The fourth-order valence-corrected chi connectivity index (χ4v) is 1.66. The molecular weight excluding hydrogens is 282 g/mol. The van der Waals surface area contributed by atoms with Gasteiger partial charge in [-0.25, -0.2) is 8.78 Å². The molecule has 0 amide bonds. The van der Waals surface area contributed by atoms with Crippen molar-refractivity contribution in [3.63, 3.8) is 0 Å². The molecule has 0 saturated carbocycles. The summed E-state index contributed by atoms with van der Waals surface area (Å²) in [5, 5.41) is 0. The highest BCUT2D eigenvalue weighted by Crippen LogP contribution is 2.17. The van der Waals surface area contributed by atoms with Crippen molar-refractivity contribution in [1.82, 2.24) is 0 Å². The number of hydrogen-bond donors (Lipinski definition) is 0. The van der Waals surface area contributed by atoms with Crippen molar-refractivity contribution in [3.05, 3.63) is 65.2 Å². The average molecular weight is 293 g/mol. The molecule has 1 nitrogen and oxygen atoms in total. The van der Waals surface area contributed by atoms with Crippen LogP contribution in [0.3, 0.4) is 0 Å². The maximum atomic E-state index is 13.4. The predicted molar refractivity (Wildman–Crippen MR) is 74.7 cm³/mol. The van der Waals surface area contributed by atoms with Crippen LogP contribution in [0.5, 0.6) is 5.75 Å². The number of benzene rings is 2. The molecule has 20 heavy (non-hydrogen) atoms. The summed E-state index contributed by atoms with van der Waals surface area (Å²) in [6.07, 6.45) is 0. The first-order valence-electron chi connectivity index (χ1n) is 5.91. The summed E-state index contributed by atoms with van der Waals surface area (Å²) in [5.74, 6) is 5.14. The van der Waals surface area contributed by atoms with Crippen LogP contribution in [0.4, 0.5) is 8.78 Å². The molecule has 0 radical (unpaired) electrons. The van der Waals surface area contributed by atoms with Gasteiger partial charge in [0, 0.05) is 5.56 Å². The topological polar surface area (TPSA) is 9.23 Å². The molecule has 0 spiro atoms. The maximum absolute atomic E-state index is 13.4. The first-order chi connectivity index (χ1) is 9.70. The highest BCUT2D eigenvalue weighted by atomic mass is 35.5. The van der Waals surface area contributed by atoms with Crippen molar-refractivity contribution in [2.24, 2.45) is 0 Å². The van der Waals surface area contributed by atoms with Crippen LogP contribution in [0.1, 0.15) is 11.1 Å². The van der Waals surface area contributed by atoms with Crippen LogP contribution in [-0.4, -0.2) is 5.88 Å². The number of alkyl halides is 1. The molecule has 4 heteroatoms. The number of hydrogen-bond acceptors (Lipinski definition) is 1. The Labute approximate surface area is 121 Å². The summed E-state index contributed by atoms with van der Waals surface area (Å²) in [6, 6.07) is 10.6. The zero-order chi connectivity index (χ0) is 14.4. The second-order valence-electron chi connectivity index (χ2n) is 3.95. The van der Waals surface area contributed by atoms with E-state index in [0.29, 0.717) is 5.75 Å². The summed E-state index contributed by atoms with van der Waals surface area (Å²) in [5.41, 5.74) is 0.716. The summed E-state index contributed by atoms with van der Waals surface area (Å²) in [7, 11) is 0. The predicted octanol–water partition coefficient (Wildman–Crippen LogP) is 4.13. The molecule has 0 atom stereocenters. The van der Waals surface area contributed by atoms with E-state index in [9.17, 15) is 8.78 Å². The summed E-state index contributed by atoms with van der Waals surface area (Å²) in [4.78, 5) is 0. The Kier molecular flexibility index (Phi) is 4.97. The second kappa shape index (κ2) is 6.93. The van der Waals surface area contributed by atoms with E-state index in [-0.39, 0.29) is 18.1 Å². The molecule has 0 aliphatic heterocycles. The average Bonchev–Trinajstić information content (AvgIpc) is 2.46. The molecule has 2 aromatic carbocycles. The molecule has 0 fully saturated rings. The van der Waals surface area contributed by atoms with Crippen molar-refractivity contribution < 1.29 is 13.5 Å². The lowest BCUT2D eigenvalue weighted by Gasteiger charge is -2.08. The van der Waals surface area contributed by atoms with Gasteiger partial charge in [0.25, 0.3) is 0 Å². The van der Waals surface area contributed by atoms with Crippen LogP contribution in [0, 0.1) is 23.5 Å². The summed E-state index contributed by atoms with van der Waals surface area (Å²) < 4.78 is 32.2. The Bertz CT molecular complexity index is 622. The molecule has 0 unspecified atom stereocenters. The van der Waals surface area contributed by atoms with E-state index in [4.69, 9.17) is 16.3 Å². The quantitative estimate of drug-likeness (QED) is 0.610. The van der Waals surface area contributed by atoms with E-state index in [1.54, 1.807) is 24.3 Å². The number of rotatable bonds is 3. The van der Waals surface area contributed by atoms with Gasteiger partial charge in [-0.15, -0.1) is 11.6 Å². The Morgan fingerprint density at radius 2 is 1.65 bits per heavy atom. The zero-order valence-electron chi connectivity index (χ0n) is 10.5. The van der Waals surface area contributed by atoms with E-state index in [1.807, 2.05) is 0 Å². The van der Waals surface area contributed by atoms with Crippen molar-refractivity contribution in [1.29, 1.82) is 0 Å². The van der Waals surface area contributed by atoms with Crippen molar-refractivity contribution in [2.45, 2.75) is 6.61 Å². The first kappa shape index (κ1) is 14.4. The Hall–Kier alpha value is -2.05. The van der Waals surface area contributed by atoms with E-state index in [2.05, 4.69) is 11.8 Å². The molecule has 0 heterocycles. The summed E-state index contributed by atoms with van der Waals surface area (Å²) >= 11 is 5.46. The minimum atomic E-state index is -0.616. The molecule has 0 aliphatic carbocycles. The molecule has 0 N–H and O–H groups in total. The van der Waals surface area contributed by atoms with Crippen molar-refractivity contribution >= 4 is 11.6 Å². The third-order valence-electron chi connectivity index (χ3n) is 2.60. The second-order valence-corrected chi connectivity index (χ2v) is 4.22. The molecular formula is C16H11ClF2O. The lowest BCUT2D eigenvalue weighted by molar-refractivity contribution is 0.292. The van der Waals surface area contributed by atoms with Gasteiger partial charge in [-0.3, -0.25) is 0 Å². The smallest absolute Gasteiger partial charge is 0.132 e. The normalized spacial score (nSPS) is 9.75. The monoisotopic (exact) mass is 292 g/mol. The van der Waals surface area contributed by atoms with Gasteiger partial charge < -0.3 is 4.74 Å². The lowest BCUT2D eigenvalue weighted by atomic mass is 10.2. The van der Waals surface area contributed by atoms with Gasteiger partial charge in [0.15, 0.2) is 0 Å². The van der Waals surface area contributed by atoms with E-state index >= 15 is 0 Å². The van der Waals surface area contributed by atoms with E-state index in [1.165, 1.54) is 18.2 Å². The van der Waals surface area contributed by atoms with Gasteiger partial charge in [0.1, 0.15) is 24.0 Å². The molecule has 2 aromatic rings. The van der Waals surface area contributed by atoms with Crippen LogP contribution >= 0.6 is 11.6 Å². The SMILES string of the molecule is Fc1cccc(F)c1COc1ccc(C#CCCl)cc1. The maximum Gasteiger partial charge on any atom is 0.132 e. The van der Waals surface area contributed by atoms with Gasteiger partial charge in [-0.2, -0.15) is 0 Å². The minimum Gasteiger partial charge on any atom is -0.489 e. The highest BCUT2D eigenvalue weighted by molar-refractivity contribution is 6.19. The van der Waals surface area contributed by atoms with Crippen molar-refractivity contribution in [2.75, 3.05) is 5.88 Å².